The third-order valence-electron chi connectivity index (χ3n) is 1.59. The number of aryl methyl sites for hydroxylation is 1. The Balaban J connectivity index is 2.44. The number of hydrogen-bond acceptors (Lipinski definition) is 2. The minimum Gasteiger partial charge on any atom is -0.400 e. The van der Waals surface area contributed by atoms with Gasteiger partial charge in [-0.1, -0.05) is 13.3 Å². The summed E-state index contributed by atoms with van der Waals surface area (Å²) in [6, 6.07) is 1.99. The molecule has 0 fully saturated rings. The quantitative estimate of drug-likeness (QED) is 0.653. The Hall–Kier alpha value is -0.990. The first-order chi connectivity index (χ1) is 5.36. The third-order valence-corrected chi connectivity index (χ3v) is 1.59. The molecular formula is C8H14N2O. The number of rotatable bonds is 4. The van der Waals surface area contributed by atoms with Gasteiger partial charge in [-0.2, -0.15) is 0 Å². The van der Waals surface area contributed by atoms with Gasteiger partial charge >= 0.3 is 0 Å². The highest BCUT2D eigenvalue weighted by Crippen LogP contribution is 2.00. The SMILES string of the molecule is CCCCc1ccn(OC)n1. The zero-order chi connectivity index (χ0) is 8.10. The van der Waals surface area contributed by atoms with Crippen molar-refractivity contribution >= 4 is 0 Å². The molecule has 3 heteroatoms. The Kier molecular flexibility index (Phi) is 2.95. The summed E-state index contributed by atoms with van der Waals surface area (Å²) in [6.07, 6.45) is 5.28. The summed E-state index contributed by atoms with van der Waals surface area (Å²) in [5, 5.41) is 4.16. The lowest BCUT2D eigenvalue weighted by Crippen LogP contribution is -2.06. The molecule has 0 amide bonds. The van der Waals surface area contributed by atoms with E-state index >= 15 is 0 Å². The molecule has 0 saturated carbocycles. The number of aromatic nitrogens is 2. The summed E-state index contributed by atoms with van der Waals surface area (Å²) in [4.78, 5) is 6.36. The van der Waals surface area contributed by atoms with Crippen molar-refractivity contribution in [3.8, 4) is 0 Å². The summed E-state index contributed by atoms with van der Waals surface area (Å²) in [5.41, 5.74) is 1.11. The Morgan fingerprint density at radius 1 is 1.64 bits per heavy atom. The average molecular weight is 154 g/mol. The van der Waals surface area contributed by atoms with E-state index in [0.29, 0.717) is 0 Å². The van der Waals surface area contributed by atoms with E-state index in [0.717, 1.165) is 12.1 Å². The Bertz CT molecular complexity index is 208. The van der Waals surface area contributed by atoms with Crippen molar-refractivity contribution in [3.05, 3.63) is 18.0 Å². The van der Waals surface area contributed by atoms with Crippen molar-refractivity contribution in [3.63, 3.8) is 0 Å². The molecule has 0 saturated heterocycles. The van der Waals surface area contributed by atoms with Gasteiger partial charge in [-0.3, -0.25) is 0 Å². The van der Waals surface area contributed by atoms with Gasteiger partial charge in [0, 0.05) is 0 Å². The van der Waals surface area contributed by atoms with Gasteiger partial charge in [0.2, 0.25) is 0 Å². The van der Waals surface area contributed by atoms with E-state index in [1.807, 2.05) is 12.3 Å². The van der Waals surface area contributed by atoms with Gasteiger partial charge in [-0.15, -0.1) is 9.94 Å². The normalized spacial score (nSPS) is 10.0. The predicted molar refractivity (Wildman–Crippen MR) is 43.3 cm³/mol. The topological polar surface area (TPSA) is 27.1 Å². The maximum atomic E-state index is 4.88. The van der Waals surface area contributed by atoms with Crippen LogP contribution in [-0.2, 0) is 6.42 Å². The number of hydrogen-bond donors (Lipinski definition) is 0. The van der Waals surface area contributed by atoms with Crippen molar-refractivity contribution in [1.82, 2.24) is 9.94 Å². The summed E-state index contributed by atoms with van der Waals surface area (Å²) in [7, 11) is 1.61. The molecule has 0 radical (unpaired) electrons. The molecule has 0 N–H and O–H groups in total. The molecule has 1 heterocycles. The summed E-state index contributed by atoms with van der Waals surface area (Å²) < 4.78 is 0. The van der Waals surface area contributed by atoms with E-state index in [2.05, 4.69) is 12.0 Å². The van der Waals surface area contributed by atoms with E-state index in [4.69, 9.17) is 4.84 Å². The van der Waals surface area contributed by atoms with Crippen LogP contribution in [-0.4, -0.2) is 17.1 Å². The molecule has 1 aromatic rings. The molecule has 0 aromatic carbocycles. The molecule has 0 spiro atoms. The minimum absolute atomic E-state index is 1.05. The molecule has 0 aliphatic carbocycles. The van der Waals surface area contributed by atoms with Gasteiger partial charge in [0.15, 0.2) is 0 Å². The lowest BCUT2D eigenvalue weighted by molar-refractivity contribution is 0.133. The first kappa shape index (κ1) is 8.11. The average Bonchev–Trinajstić information content (AvgIpc) is 2.48. The third kappa shape index (κ3) is 2.26. The van der Waals surface area contributed by atoms with Gasteiger partial charge in [0.05, 0.1) is 11.9 Å². The van der Waals surface area contributed by atoms with Gasteiger partial charge in [-0.05, 0) is 18.9 Å². The Labute approximate surface area is 66.9 Å². The van der Waals surface area contributed by atoms with Crippen LogP contribution in [0.4, 0.5) is 0 Å². The molecule has 0 aliphatic heterocycles. The van der Waals surface area contributed by atoms with Crippen LogP contribution in [0.5, 0.6) is 0 Å². The van der Waals surface area contributed by atoms with E-state index in [1.165, 1.54) is 17.7 Å². The lowest BCUT2D eigenvalue weighted by Gasteiger charge is -1.95. The Morgan fingerprint density at radius 3 is 3.00 bits per heavy atom. The predicted octanol–water partition coefficient (Wildman–Crippen LogP) is 1.28. The van der Waals surface area contributed by atoms with Crippen molar-refractivity contribution in [2.24, 2.45) is 0 Å². The minimum atomic E-state index is 1.05. The van der Waals surface area contributed by atoms with E-state index in [9.17, 15) is 0 Å². The zero-order valence-corrected chi connectivity index (χ0v) is 7.08. The molecular weight excluding hydrogens is 140 g/mol. The fourth-order valence-corrected chi connectivity index (χ4v) is 0.936. The highest BCUT2D eigenvalue weighted by Gasteiger charge is 1.96. The second kappa shape index (κ2) is 4.01. The standard InChI is InChI=1S/C8H14N2O/c1-3-4-5-8-6-7-10(9-8)11-2/h6-7H,3-5H2,1-2H3. The summed E-state index contributed by atoms with van der Waals surface area (Å²) in [5.74, 6) is 0. The van der Waals surface area contributed by atoms with E-state index < -0.39 is 0 Å². The largest absolute Gasteiger partial charge is 0.400 e. The first-order valence-corrected chi connectivity index (χ1v) is 3.96. The van der Waals surface area contributed by atoms with Gasteiger partial charge in [0.1, 0.15) is 7.11 Å². The van der Waals surface area contributed by atoms with E-state index in [1.54, 1.807) is 7.11 Å². The number of nitrogens with zero attached hydrogens (tertiary/aromatic N) is 2. The second-order valence-corrected chi connectivity index (χ2v) is 2.50. The van der Waals surface area contributed by atoms with Crippen molar-refractivity contribution in [2.45, 2.75) is 26.2 Å². The molecule has 0 atom stereocenters. The van der Waals surface area contributed by atoms with Gasteiger partial charge in [-0.25, -0.2) is 0 Å². The molecule has 62 valence electrons. The van der Waals surface area contributed by atoms with Crippen LogP contribution in [0.25, 0.3) is 0 Å². The first-order valence-electron chi connectivity index (χ1n) is 3.96. The fraction of sp³-hybridized carbons (Fsp3) is 0.625. The summed E-state index contributed by atoms with van der Waals surface area (Å²) in [6.45, 7) is 2.17. The van der Waals surface area contributed by atoms with Crippen molar-refractivity contribution in [2.75, 3.05) is 7.11 Å². The smallest absolute Gasteiger partial charge is 0.106 e. The molecule has 0 bridgehead atoms. The maximum Gasteiger partial charge on any atom is 0.106 e. The fourth-order valence-electron chi connectivity index (χ4n) is 0.936. The number of unbranched alkanes of at least 4 members (excludes halogenated alkanes) is 1. The molecule has 3 nitrogen and oxygen atoms in total. The van der Waals surface area contributed by atoms with Crippen molar-refractivity contribution in [1.29, 1.82) is 0 Å². The molecule has 0 unspecified atom stereocenters. The van der Waals surface area contributed by atoms with Crippen LogP contribution in [0.3, 0.4) is 0 Å². The highest BCUT2D eigenvalue weighted by atomic mass is 16.7. The molecule has 11 heavy (non-hydrogen) atoms. The van der Waals surface area contributed by atoms with Crippen LogP contribution < -0.4 is 4.84 Å². The zero-order valence-electron chi connectivity index (χ0n) is 7.08. The Morgan fingerprint density at radius 2 is 2.45 bits per heavy atom. The summed E-state index contributed by atoms with van der Waals surface area (Å²) >= 11 is 0. The van der Waals surface area contributed by atoms with Crippen LogP contribution in [0.2, 0.25) is 0 Å². The maximum absolute atomic E-state index is 4.88. The van der Waals surface area contributed by atoms with Crippen LogP contribution in [0.1, 0.15) is 25.5 Å². The monoisotopic (exact) mass is 154 g/mol. The van der Waals surface area contributed by atoms with Gasteiger partial charge < -0.3 is 4.84 Å². The second-order valence-electron chi connectivity index (χ2n) is 2.50. The molecule has 0 aliphatic rings. The van der Waals surface area contributed by atoms with Crippen molar-refractivity contribution < 1.29 is 4.84 Å². The van der Waals surface area contributed by atoms with Crippen LogP contribution >= 0.6 is 0 Å². The molecule has 1 aromatic heterocycles. The molecule has 1 rings (SSSR count). The van der Waals surface area contributed by atoms with E-state index in [-0.39, 0.29) is 0 Å². The van der Waals surface area contributed by atoms with Crippen LogP contribution in [0.15, 0.2) is 12.3 Å². The lowest BCUT2D eigenvalue weighted by atomic mass is 10.2. The van der Waals surface area contributed by atoms with Crippen LogP contribution in [0, 0.1) is 0 Å². The van der Waals surface area contributed by atoms with Gasteiger partial charge in [0.25, 0.3) is 0 Å². The highest BCUT2D eigenvalue weighted by molar-refractivity contribution is 4.97.